The first kappa shape index (κ1) is 14.1. The van der Waals surface area contributed by atoms with E-state index in [-0.39, 0.29) is 0 Å². The monoisotopic (exact) mass is 261 g/mol. The van der Waals surface area contributed by atoms with Crippen molar-refractivity contribution in [1.29, 1.82) is 0 Å². The van der Waals surface area contributed by atoms with Crippen LogP contribution in [0.15, 0.2) is 18.2 Å². The van der Waals surface area contributed by atoms with Crippen LogP contribution in [0.25, 0.3) is 0 Å². The van der Waals surface area contributed by atoms with E-state index in [2.05, 4.69) is 18.2 Å². The topological polar surface area (TPSA) is 63.3 Å². The molecule has 0 heterocycles. The summed E-state index contributed by atoms with van der Waals surface area (Å²) >= 11 is 0. The Morgan fingerprint density at radius 2 is 2.11 bits per heavy atom. The lowest BCUT2D eigenvalue weighted by Crippen LogP contribution is -2.27. The molecule has 104 valence electrons. The molecule has 3 nitrogen and oxygen atoms in total. The molecular weight excluding hydrogens is 238 g/mol. The molecule has 0 saturated carbocycles. The van der Waals surface area contributed by atoms with Crippen LogP contribution in [0.5, 0.6) is 0 Å². The average molecular weight is 261 g/mol. The maximum atomic E-state index is 10.4. The van der Waals surface area contributed by atoms with Gasteiger partial charge in [-0.3, -0.25) is 4.79 Å². The Hall–Kier alpha value is -1.35. The predicted octanol–water partition coefficient (Wildman–Crippen LogP) is 2.69. The minimum Gasteiger partial charge on any atom is -0.481 e. The van der Waals surface area contributed by atoms with E-state index < -0.39 is 5.97 Å². The van der Waals surface area contributed by atoms with Crippen molar-refractivity contribution < 1.29 is 9.90 Å². The highest BCUT2D eigenvalue weighted by Gasteiger charge is 2.15. The number of hydrogen-bond donors (Lipinski definition) is 2. The third kappa shape index (κ3) is 4.35. The molecule has 3 N–H and O–H groups in total. The molecule has 1 aliphatic carbocycles. The first-order valence-electron chi connectivity index (χ1n) is 7.23. The van der Waals surface area contributed by atoms with Gasteiger partial charge in [0.05, 0.1) is 0 Å². The minimum absolute atomic E-state index is 0.291. The van der Waals surface area contributed by atoms with Gasteiger partial charge in [-0.1, -0.05) is 24.6 Å². The van der Waals surface area contributed by atoms with Crippen LogP contribution in [0.2, 0.25) is 0 Å². The van der Waals surface area contributed by atoms with Crippen molar-refractivity contribution in [1.82, 2.24) is 0 Å². The summed E-state index contributed by atoms with van der Waals surface area (Å²) in [5.41, 5.74) is 10.2. The van der Waals surface area contributed by atoms with Crippen LogP contribution in [0.1, 0.15) is 48.8 Å². The van der Waals surface area contributed by atoms with Gasteiger partial charge in [0.25, 0.3) is 0 Å². The summed E-state index contributed by atoms with van der Waals surface area (Å²) in [4.78, 5) is 10.4. The normalized spacial score (nSPS) is 18.1. The molecule has 2 rings (SSSR count). The number of rotatable bonds is 6. The van der Waals surface area contributed by atoms with Gasteiger partial charge in [-0.05, 0) is 55.2 Å². The maximum Gasteiger partial charge on any atom is 0.303 e. The standard InChI is InChI=1S/C16H23NO2/c17-15-9-8-13-7-6-12(10-14(13)11-15)4-2-1-3-5-16(18)19/h6-7,10,15H,1-5,8-9,11,17H2,(H,18,19). The van der Waals surface area contributed by atoms with Crippen molar-refractivity contribution in [2.75, 3.05) is 0 Å². The third-order valence-corrected chi connectivity index (χ3v) is 3.89. The number of unbranched alkanes of at least 4 members (excludes halogenated alkanes) is 2. The highest BCUT2D eigenvalue weighted by Crippen LogP contribution is 2.22. The fraction of sp³-hybridized carbons (Fsp3) is 0.562. The molecule has 0 bridgehead atoms. The molecule has 1 aromatic carbocycles. The second-order valence-corrected chi connectivity index (χ2v) is 5.56. The van der Waals surface area contributed by atoms with Crippen molar-refractivity contribution >= 4 is 5.97 Å². The number of aliphatic carboxylic acids is 1. The van der Waals surface area contributed by atoms with Gasteiger partial charge in [-0.2, -0.15) is 0 Å². The van der Waals surface area contributed by atoms with Gasteiger partial charge < -0.3 is 10.8 Å². The van der Waals surface area contributed by atoms with E-state index in [0.717, 1.165) is 44.9 Å². The Kier molecular flexibility index (Phi) is 4.97. The second-order valence-electron chi connectivity index (χ2n) is 5.56. The Morgan fingerprint density at radius 3 is 2.89 bits per heavy atom. The van der Waals surface area contributed by atoms with Crippen molar-refractivity contribution in [2.24, 2.45) is 5.73 Å². The fourth-order valence-electron chi connectivity index (χ4n) is 2.78. The summed E-state index contributed by atoms with van der Waals surface area (Å²) in [6.07, 6.45) is 7.38. The van der Waals surface area contributed by atoms with E-state index in [4.69, 9.17) is 10.8 Å². The summed E-state index contributed by atoms with van der Waals surface area (Å²) in [6, 6.07) is 7.07. The van der Waals surface area contributed by atoms with Crippen molar-refractivity contribution in [3.8, 4) is 0 Å². The number of benzene rings is 1. The third-order valence-electron chi connectivity index (χ3n) is 3.89. The van der Waals surface area contributed by atoms with E-state index >= 15 is 0 Å². The fourth-order valence-corrected chi connectivity index (χ4v) is 2.78. The number of nitrogens with two attached hydrogens (primary N) is 1. The molecule has 0 radical (unpaired) electrons. The Balaban J connectivity index is 1.81. The minimum atomic E-state index is -0.692. The van der Waals surface area contributed by atoms with Gasteiger partial charge in [-0.25, -0.2) is 0 Å². The molecule has 0 aliphatic heterocycles. The lowest BCUT2D eigenvalue weighted by molar-refractivity contribution is -0.137. The quantitative estimate of drug-likeness (QED) is 0.774. The van der Waals surface area contributed by atoms with Crippen LogP contribution in [-0.4, -0.2) is 17.1 Å². The van der Waals surface area contributed by atoms with E-state index in [0.29, 0.717) is 12.5 Å². The molecule has 0 fully saturated rings. The molecule has 0 aromatic heterocycles. The van der Waals surface area contributed by atoms with E-state index in [1.807, 2.05) is 0 Å². The SMILES string of the molecule is NC1CCc2ccc(CCCCCC(=O)O)cc2C1. The van der Waals surface area contributed by atoms with Crippen molar-refractivity contribution in [3.63, 3.8) is 0 Å². The molecule has 3 heteroatoms. The Morgan fingerprint density at radius 1 is 1.26 bits per heavy atom. The summed E-state index contributed by atoms with van der Waals surface area (Å²) in [7, 11) is 0. The molecule has 1 aromatic rings. The lowest BCUT2D eigenvalue weighted by atomic mass is 9.87. The lowest BCUT2D eigenvalue weighted by Gasteiger charge is -2.22. The zero-order valence-corrected chi connectivity index (χ0v) is 11.4. The Bertz CT molecular complexity index is 442. The molecule has 19 heavy (non-hydrogen) atoms. The maximum absolute atomic E-state index is 10.4. The van der Waals surface area contributed by atoms with Gasteiger partial charge in [0.2, 0.25) is 0 Å². The molecular formula is C16H23NO2. The highest BCUT2D eigenvalue weighted by atomic mass is 16.4. The molecule has 1 atom stereocenters. The average Bonchev–Trinajstić information content (AvgIpc) is 2.37. The van der Waals surface area contributed by atoms with Gasteiger partial charge in [0.1, 0.15) is 0 Å². The number of carboxylic acids is 1. The molecule has 1 unspecified atom stereocenters. The zero-order chi connectivity index (χ0) is 13.7. The highest BCUT2D eigenvalue weighted by molar-refractivity contribution is 5.66. The molecule has 1 aliphatic rings. The van der Waals surface area contributed by atoms with Crippen LogP contribution in [0.4, 0.5) is 0 Å². The molecule has 0 amide bonds. The van der Waals surface area contributed by atoms with Crippen molar-refractivity contribution in [3.05, 3.63) is 34.9 Å². The van der Waals surface area contributed by atoms with Gasteiger partial charge >= 0.3 is 5.97 Å². The number of aryl methyl sites for hydroxylation is 2. The number of hydrogen-bond acceptors (Lipinski definition) is 2. The smallest absolute Gasteiger partial charge is 0.303 e. The van der Waals surface area contributed by atoms with Crippen LogP contribution < -0.4 is 5.73 Å². The van der Waals surface area contributed by atoms with Crippen LogP contribution >= 0.6 is 0 Å². The number of carbonyl (C=O) groups is 1. The summed E-state index contributed by atoms with van der Waals surface area (Å²) in [5.74, 6) is -0.692. The first-order chi connectivity index (χ1) is 9.15. The Labute approximate surface area is 114 Å². The van der Waals surface area contributed by atoms with Crippen LogP contribution in [0, 0.1) is 0 Å². The summed E-state index contributed by atoms with van der Waals surface area (Å²) in [6.45, 7) is 0. The summed E-state index contributed by atoms with van der Waals surface area (Å²) in [5, 5.41) is 8.58. The second kappa shape index (κ2) is 6.71. The predicted molar refractivity (Wildman–Crippen MR) is 76.3 cm³/mol. The van der Waals surface area contributed by atoms with Gasteiger partial charge in [0.15, 0.2) is 0 Å². The van der Waals surface area contributed by atoms with E-state index in [1.165, 1.54) is 16.7 Å². The summed E-state index contributed by atoms with van der Waals surface area (Å²) < 4.78 is 0. The van der Waals surface area contributed by atoms with E-state index in [9.17, 15) is 4.79 Å². The largest absolute Gasteiger partial charge is 0.481 e. The molecule has 0 saturated heterocycles. The van der Waals surface area contributed by atoms with Gasteiger partial charge in [-0.15, -0.1) is 0 Å². The van der Waals surface area contributed by atoms with E-state index in [1.54, 1.807) is 0 Å². The van der Waals surface area contributed by atoms with Crippen LogP contribution in [-0.2, 0) is 24.1 Å². The zero-order valence-electron chi connectivity index (χ0n) is 11.4. The van der Waals surface area contributed by atoms with Gasteiger partial charge in [0, 0.05) is 12.5 Å². The number of carboxylic acid groups (broad SMARTS) is 1. The first-order valence-corrected chi connectivity index (χ1v) is 7.23. The van der Waals surface area contributed by atoms with Crippen molar-refractivity contribution in [2.45, 2.75) is 57.4 Å². The number of fused-ring (bicyclic) bond motifs is 1. The molecule has 0 spiro atoms. The van der Waals surface area contributed by atoms with Crippen LogP contribution in [0.3, 0.4) is 0 Å².